The maximum Gasteiger partial charge on any atom is 0.263 e. The lowest BCUT2D eigenvalue weighted by Gasteiger charge is -2.07. The van der Waals surface area contributed by atoms with Crippen LogP contribution in [-0.4, -0.2) is 13.4 Å². The summed E-state index contributed by atoms with van der Waals surface area (Å²) in [6.45, 7) is 1.79. The van der Waals surface area contributed by atoms with E-state index in [2.05, 4.69) is 9.71 Å². The van der Waals surface area contributed by atoms with Crippen LogP contribution in [0.15, 0.2) is 47.4 Å². The minimum absolute atomic E-state index is 0.110. The molecule has 6 heteroatoms. The Hall–Kier alpha value is -1.59. The highest BCUT2D eigenvalue weighted by Gasteiger charge is 2.14. The second kappa shape index (κ2) is 4.96. The Labute approximate surface area is 111 Å². The number of hydrogen-bond acceptors (Lipinski definition) is 3. The standard InChI is InChI=1S/C12H11ClN2O2S/c1-9-4-2-7-12(14-9)15-18(16,17)11-6-3-5-10(13)8-11/h2-8H,1H3,(H,14,15). The number of benzene rings is 1. The lowest BCUT2D eigenvalue weighted by Crippen LogP contribution is -2.14. The SMILES string of the molecule is Cc1cccc(NS(=O)(=O)c2cccc(Cl)c2)n1. The van der Waals surface area contributed by atoms with Crippen LogP contribution in [0.5, 0.6) is 0 Å². The molecule has 94 valence electrons. The van der Waals surface area contributed by atoms with E-state index in [1.165, 1.54) is 12.1 Å². The van der Waals surface area contributed by atoms with Gasteiger partial charge in [0.25, 0.3) is 10.0 Å². The minimum atomic E-state index is -3.65. The topological polar surface area (TPSA) is 59.1 Å². The van der Waals surface area contributed by atoms with Crippen LogP contribution in [0.1, 0.15) is 5.69 Å². The number of sulfonamides is 1. The van der Waals surface area contributed by atoms with Crippen molar-refractivity contribution in [3.05, 3.63) is 53.2 Å². The van der Waals surface area contributed by atoms with E-state index in [0.29, 0.717) is 5.02 Å². The van der Waals surface area contributed by atoms with Crippen molar-refractivity contribution in [1.82, 2.24) is 4.98 Å². The monoisotopic (exact) mass is 282 g/mol. The maximum absolute atomic E-state index is 12.1. The third kappa shape index (κ3) is 3.00. The Balaban J connectivity index is 2.33. The van der Waals surface area contributed by atoms with Gasteiger partial charge in [0.1, 0.15) is 5.82 Å². The van der Waals surface area contributed by atoms with Gasteiger partial charge in [0.05, 0.1) is 4.90 Å². The normalized spacial score (nSPS) is 11.2. The molecule has 4 nitrogen and oxygen atoms in total. The van der Waals surface area contributed by atoms with Crippen molar-refractivity contribution in [2.24, 2.45) is 0 Å². The van der Waals surface area contributed by atoms with Crippen molar-refractivity contribution in [1.29, 1.82) is 0 Å². The zero-order valence-corrected chi connectivity index (χ0v) is 11.2. The van der Waals surface area contributed by atoms with Crippen LogP contribution in [0.2, 0.25) is 5.02 Å². The van der Waals surface area contributed by atoms with Gasteiger partial charge in [-0.2, -0.15) is 0 Å². The molecule has 1 aromatic carbocycles. The second-order valence-corrected chi connectivity index (χ2v) is 5.85. The fourth-order valence-corrected chi connectivity index (χ4v) is 2.73. The molecule has 0 spiro atoms. The summed E-state index contributed by atoms with van der Waals surface area (Å²) in [7, 11) is -3.65. The summed E-state index contributed by atoms with van der Waals surface area (Å²) in [5, 5.41) is 0.370. The Morgan fingerprint density at radius 2 is 1.89 bits per heavy atom. The third-order valence-corrected chi connectivity index (χ3v) is 3.82. The number of aryl methyl sites for hydroxylation is 1. The maximum atomic E-state index is 12.1. The summed E-state index contributed by atoms with van der Waals surface area (Å²) < 4.78 is 26.5. The summed E-state index contributed by atoms with van der Waals surface area (Å²) in [6.07, 6.45) is 0. The Morgan fingerprint density at radius 1 is 1.17 bits per heavy atom. The summed E-state index contributed by atoms with van der Waals surface area (Å²) in [4.78, 5) is 4.19. The lowest BCUT2D eigenvalue weighted by molar-refractivity contribution is 0.601. The van der Waals surface area contributed by atoms with Crippen LogP contribution in [0.4, 0.5) is 5.82 Å². The molecule has 0 bridgehead atoms. The predicted molar refractivity (Wildman–Crippen MR) is 71.2 cm³/mol. The van der Waals surface area contributed by atoms with E-state index < -0.39 is 10.0 Å². The van der Waals surface area contributed by atoms with Gasteiger partial charge >= 0.3 is 0 Å². The van der Waals surface area contributed by atoms with Gasteiger partial charge < -0.3 is 0 Å². The molecule has 0 aliphatic rings. The second-order valence-electron chi connectivity index (χ2n) is 3.73. The van der Waals surface area contributed by atoms with E-state index in [0.717, 1.165) is 5.69 Å². The highest BCUT2D eigenvalue weighted by atomic mass is 35.5. The molecule has 2 aromatic rings. The number of pyridine rings is 1. The molecule has 0 aliphatic carbocycles. The van der Waals surface area contributed by atoms with Crippen LogP contribution in [0.3, 0.4) is 0 Å². The van der Waals surface area contributed by atoms with Crippen LogP contribution in [0.25, 0.3) is 0 Å². The average Bonchev–Trinajstić information content (AvgIpc) is 2.28. The molecule has 0 aliphatic heterocycles. The number of hydrogen-bond donors (Lipinski definition) is 1. The Bertz CT molecular complexity index is 671. The number of halogens is 1. The van der Waals surface area contributed by atoms with Crippen LogP contribution in [0, 0.1) is 6.92 Å². The molecule has 0 radical (unpaired) electrons. The van der Waals surface area contributed by atoms with Crippen LogP contribution in [-0.2, 0) is 10.0 Å². The molecule has 1 N–H and O–H groups in total. The van der Waals surface area contributed by atoms with Crippen molar-refractivity contribution in [3.8, 4) is 0 Å². The first-order chi connectivity index (χ1) is 8.47. The molecule has 1 heterocycles. The van der Waals surface area contributed by atoms with E-state index in [4.69, 9.17) is 11.6 Å². The molecule has 2 rings (SSSR count). The Morgan fingerprint density at radius 3 is 2.56 bits per heavy atom. The summed E-state index contributed by atoms with van der Waals surface area (Å²) in [6, 6.07) is 11.2. The van der Waals surface area contributed by atoms with E-state index in [-0.39, 0.29) is 10.7 Å². The molecule has 0 saturated carbocycles. The minimum Gasteiger partial charge on any atom is -0.263 e. The fourth-order valence-electron chi connectivity index (χ4n) is 1.43. The zero-order valence-electron chi connectivity index (χ0n) is 9.59. The highest BCUT2D eigenvalue weighted by molar-refractivity contribution is 7.92. The predicted octanol–water partition coefficient (Wildman–Crippen LogP) is 2.84. The first-order valence-electron chi connectivity index (χ1n) is 5.19. The van der Waals surface area contributed by atoms with E-state index in [9.17, 15) is 8.42 Å². The van der Waals surface area contributed by atoms with E-state index in [1.807, 2.05) is 0 Å². The van der Waals surface area contributed by atoms with Crippen molar-refractivity contribution in [3.63, 3.8) is 0 Å². The van der Waals surface area contributed by atoms with Crippen molar-refractivity contribution in [2.45, 2.75) is 11.8 Å². The van der Waals surface area contributed by atoms with Gasteiger partial charge in [0.2, 0.25) is 0 Å². The summed E-state index contributed by atoms with van der Waals surface area (Å²) in [5.74, 6) is 0.287. The van der Waals surface area contributed by atoms with Crippen molar-refractivity contribution >= 4 is 27.4 Å². The average molecular weight is 283 g/mol. The number of nitrogens with one attached hydrogen (secondary N) is 1. The molecule has 0 saturated heterocycles. The smallest absolute Gasteiger partial charge is 0.263 e. The quantitative estimate of drug-likeness (QED) is 0.942. The first kappa shape index (κ1) is 12.9. The molecule has 1 aromatic heterocycles. The first-order valence-corrected chi connectivity index (χ1v) is 7.05. The van der Waals surface area contributed by atoms with Gasteiger partial charge in [-0.3, -0.25) is 4.72 Å². The van der Waals surface area contributed by atoms with Crippen molar-refractivity contribution < 1.29 is 8.42 Å². The molecule has 0 amide bonds. The number of anilines is 1. The van der Waals surface area contributed by atoms with Gasteiger partial charge in [-0.05, 0) is 37.3 Å². The summed E-state index contributed by atoms with van der Waals surface area (Å²) >= 11 is 5.77. The van der Waals surface area contributed by atoms with Crippen molar-refractivity contribution in [2.75, 3.05) is 4.72 Å². The largest absolute Gasteiger partial charge is 0.263 e. The van der Waals surface area contributed by atoms with Gasteiger partial charge in [0, 0.05) is 10.7 Å². The molecule has 0 unspecified atom stereocenters. The molecule has 0 fully saturated rings. The van der Waals surface area contributed by atoms with Gasteiger partial charge in [-0.25, -0.2) is 13.4 Å². The number of rotatable bonds is 3. The third-order valence-electron chi connectivity index (χ3n) is 2.23. The van der Waals surface area contributed by atoms with Crippen LogP contribution >= 0.6 is 11.6 Å². The lowest BCUT2D eigenvalue weighted by atomic mass is 10.4. The molecule has 0 atom stereocenters. The summed E-state index contributed by atoms with van der Waals surface area (Å²) in [5.41, 5.74) is 0.737. The number of nitrogens with zero attached hydrogens (tertiary/aromatic N) is 1. The van der Waals surface area contributed by atoms with Gasteiger partial charge in [-0.15, -0.1) is 0 Å². The van der Waals surface area contributed by atoms with Gasteiger partial charge in [0.15, 0.2) is 0 Å². The molecule has 18 heavy (non-hydrogen) atoms. The van der Waals surface area contributed by atoms with Crippen LogP contribution < -0.4 is 4.72 Å². The fraction of sp³-hybridized carbons (Fsp3) is 0.0833. The van der Waals surface area contributed by atoms with E-state index in [1.54, 1.807) is 37.3 Å². The molecular formula is C12H11ClN2O2S. The Kier molecular flexibility index (Phi) is 3.54. The van der Waals surface area contributed by atoms with E-state index >= 15 is 0 Å². The highest BCUT2D eigenvalue weighted by Crippen LogP contribution is 2.18. The zero-order chi connectivity index (χ0) is 13.2. The number of aromatic nitrogens is 1. The van der Waals surface area contributed by atoms with Gasteiger partial charge in [-0.1, -0.05) is 23.7 Å². The molecular weight excluding hydrogens is 272 g/mol.